The van der Waals surface area contributed by atoms with Gasteiger partial charge < -0.3 is 5.11 Å². The average molecular weight is 306 g/mol. The van der Waals surface area contributed by atoms with Crippen LogP contribution < -0.4 is 0 Å². The number of hydrogen-bond donors (Lipinski definition) is 1. The molecule has 112 valence electrons. The number of hydrogen-bond acceptors (Lipinski definition) is 4. The van der Waals surface area contributed by atoms with E-state index >= 15 is 0 Å². The first-order valence-corrected chi connectivity index (χ1v) is 8.01. The van der Waals surface area contributed by atoms with Crippen molar-refractivity contribution in [2.75, 3.05) is 6.61 Å². The van der Waals surface area contributed by atoms with Crippen molar-refractivity contribution in [3.63, 3.8) is 0 Å². The van der Waals surface area contributed by atoms with E-state index in [0.29, 0.717) is 11.1 Å². The van der Waals surface area contributed by atoms with Crippen LogP contribution in [0.15, 0.2) is 53.4 Å². The van der Waals surface area contributed by atoms with E-state index in [1.165, 1.54) is 6.07 Å². The largest absolute Gasteiger partial charge is 0.393 e. The zero-order chi connectivity index (χ0) is 15.5. The second-order valence-corrected chi connectivity index (χ2v) is 6.44. The van der Waals surface area contributed by atoms with Gasteiger partial charge in [-0.15, -0.1) is 0 Å². The van der Waals surface area contributed by atoms with Gasteiger partial charge in [-0.25, -0.2) is 0 Å². The zero-order valence-corrected chi connectivity index (χ0v) is 12.8. The first-order valence-electron chi connectivity index (χ1n) is 6.60. The van der Waals surface area contributed by atoms with E-state index in [2.05, 4.69) is 0 Å². The molecule has 0 aliphatic carbocycles. The molecule has 1 atom stereocenters. The minimum atomic E-state index is -3.92. The SMILES string of the molecule is Cc1ccc([C@@H](CO)OS(=O)(=O)c2ccccc2C)cc1. The fourth-order valence-electron chi connectivity index (χ4n) is 2.01. The third kappa shape index (κ3) is 3.69. The van der Waals surface area contributed by atoms with Gasteiger partial charge in [0.05, 0.1) is 11.5 Å². The van der Waals surface area contributed by atoms with Gasteiger partial charge >= 0.3 is 0 Å². The van der Waals surface area contributed by atoms with Gasteiger partial charge in [-0.2, -0.15) is 8.42 Å². The van der Waals surface area contributed by atoms with Gasteiger partial charge in [0.2, 0.25) is 0 Å². The molecule has 2 aromatic carbocycles. The van der Waals surface area contributed by atoms with E-state index < -0.39 is 22.8 Å². The van der Waals surface area contributed by atoms with Crippen molar-refractivity contribution in [1.29, 1.82) is 0 Å². The summed E-state index contributed by atoms with van der Waals surface area (Å²) >= 11 is 0. The van der Waals surface area contributed by atoms with Gasteiger partial charge in [0.1, 0.15) is 6.10 Å². The van der Waals surface area contributed by atoms with Crippen LogP contribution in [-0.4, -0.2) is 20.1 Å². The van der Waals surface area contributed by atoms with Crippen LogP contribution in [0.1, 0.15) is 22.8 Å². The van der Waals surface area contributed by atoms with E-state index in [4.69, 9.17) is 4.18 Å². The molecule has 5 heteroatoms. The monoisotopic (exact) mass is 306 g/mol. The summed E-state index contributed by atoms with van der Waals surface area (Å²) in [5.74, 6) is 0. The normalized spacial score (nSPS) is 13.1. The molecule has 0 aliphatic rings. The molecule has 0 amide bonds. The molecule has 0 aliphatic heterocycles. The Balaban J connectivity index is 2.30. The maximum absolute atomic E-state index is 12.3. The van der Waals surface area contributed by atoms with Gasteiger partial charge in [0.25, 0.3) is 10.1 Å². The Bertz CT molecular complexity index is 705. The van der Waals surface area contributed by atoms with E-state index in [0.717, 1.165) is 5.56 Å². The van der Waals surface area contributed by atoms with Crippen LogP contribution in [-0.2, 0) is 14.3 Å². The highest BCUT2D eigenvalue weighted by atomic mass is 32.2. The summed E-state index contributed by atoms with van der Waals surface area (Å²) in [4.78, 5) is 0.121. The molecule has 4 nitrogen and oxygen atoms in total. The van der Waals surface area contributed by atoms with E-state index in [1.807, 2.05) is 19.1 Å². The standard InChI is InChI=1S/C16H18O4S/c1-12-7-9-14(10-8-12)15(11-17)20-21(18,19)16-6-4-3-5-13(16)2/h3-10,15,17H,11H2,1-2H3/t15-/m1/s1. The fraction of sp³-hybridized carbons (Fsp3) is 0.250. The van der Waals surface area contributed by atoms with Crippen molar-refractivity contribution in [1.82, 2.24) is 0 Å². The molecule has 0 fully saturated rings. The van der Waals surface area contributed by atoms with Crippen molar-refractivity contribution in [2.45, 2.75) is 24.8 Å². The summed E-state index contributed by atoms with van der Waals surface area (Å²) in [7, 11) is -3.92. The Hall–Kier alpha value is -1.69. The van der Waals surface area contributed by atoms with Gasteiger partial charge in [-0.05, 0) is 31.0 Å². The molecule has 0 heterocycles. The Morgan fingerprint density at radius 3 is 2.24 bits per heavy atom. The summed E-state index contributed by atoms with van der Waals surface area (Å²) < 4.78 is 29.9. The van der Waals surface area contributed by atoms with Crippen molar-refractivity contribution in [3.05, 3.63) is 65.2 Å². The molecule has 1 N–H and O–H groups in total. The summed E-state index contributed by atoms with van der Waals surface area (Å²) in [6, 6.07) is 13.8. The van der Waals surface area contributed by atoms with Crippen LogP contribution in [0, 0.1) is 13.8 Å². The molecule has 2 aromatic rings. The molecule has 0 aromatic heterocycles. The minimum Gasteiger partial charge on any atom is -0.393 e. The fourth-order valence-corrected chi connectivity index (χ4v) is 3.30. The van der Waals surface area contributed by atoms with Crippen molar-refractivity contribution < 1.29 is 17.7 Å². The highest BCUT2D eigenvalue weighted by Gasteiger charge is 2.24. The summed E-state index contributed by atoms with van der Waals surface area (Å²) in [6.45, 7) is 3.23. The number of rotatable bonds is 5. The number of aryl methyl sites for hydroxylation is 2. The molecule has 0 spiro atoms. The minimum absolute atomic E-state index is 0.121. The summed E-state index contributed by atoms with van der Waals surface area (Å²) in [5, 5.41) is 9.44. The second kappa shape index (κ2) is 6.39. The van der Waals surface area contributed by atoms with Crippen LogP contribution in [0.5, 0.6) is 0 Å². The molecule has 0 radical (unpaired) electrons. The Morgan fingerprint density at radius 2 is 1.67 bits per heavy atom. The Kier molecular flexibility index (Phi) is 4.77. The third-order valence-corrected chi connectivity index (χ3v) is 4.70. The van der Waals surface area contributed by atoms with Crippen LogP contribution in [0.25, 0.3) is 0 Å². The summed E-state index contributed by atoms with van der Waals surface area (Å²) in [6.07, 6.45) is -0.907. The lowest BCUT2D eigenvalue weighted by Crippen LogP contribution is -2.16. The lowest BCUT2D eigenvalue weighted by atomic mass is 10.1. The second-order valence-electron chi connectivity index (χ2n) is 4.90. The molecule has 21 heavy (non-hydrogen) atoms. The topological polar surface area (TPSA) is 63.6 Å². The lowest BCUT2D eigenvalue weighted by Gasteiger charge is -2.16. The van der Waals surface area contributed by atoms with Gasteiger partial charge in [0, 0.05) is 0 Å². The zero-order valence-electron chi connectivity index (χ0n) is 12.0. The predicted octanol–water partition coefficient (Wildman–Crippen LogP) is 2.74. The number of benzene rings is 2. The van der Waals surface area contributed by atoms with Crippen LogP contribution in [0.2, 0.25) is 0 Å². The highest BCUT2D eigenvalue weighted by molar-refractivity contribution is 7.86. The third-order valence-electron chi connectivity index (χ3n) is 3.22. The maximum atomic E-state index is 12.3. The number of aliphatic hydroxyl groups excluding tert-OH is 1. The van der Waals surface area contributed by atoms with Crippen LogP contribution in [0.4, 0.5) is 0 Å². The molecular formula is C16H18O4S. The van der Waals surface area contributed by atoms with Gasteiger partial charge in [-0.1, -0.05) is 48.0 Å². The van der Waals surface area contributed by atoms with Gasteiger partial charge in [0.15, 0.2) is 0 Å². The molecule has 0 saturated carbocycles. The van der Waals surface area contributed by atoms with Crippen molar-refractivity contribution in [2.24, 2.45) is 0 Å². The molecule has 0 unspecified atom stereocenters. The van der Waals surface area contributed by atoms with Crippen LogP contribution >= 0.6 is 0 Å². The maximum Gasteiger partial charge on any atom is 0.297 e. The van der Waals surface area contributed by atoms with E-state index in [9.17, 15) is 13.5 Å². The van der Waals surface area contributed by atoms with E-state index in [-0.39, 0.29) is 4.90 Å². The Morgan fingerprint density at radius 1 is 1.05 bits per heavy atom. The van der Waals surface area contributed by atoms with Gasteiger partial charge in [-0.3, -0.25) is 4.18 Å². The number of aliphatic hydroxyl groups is 1. The first kappa shape index (κ1) is 15.7. The van der Waals surface area contributed by atoms with Crippen molar-refractivity contribution in [3.8, 4) is 0 Å². The molecule has 2 rings (SSSR count). The lowest BCUT2D eigenvalue weighted by molar-refractivity contribution is 0.122. The smallest absolute Gasteiger partial charge is 0.297 e. The predicted molar refractivity (Wildman–Crippen MR) is 80.5 cm³/mol. The highest BCUT2D eigenvalue weighted by Crippen LogP contribution is 2.25. The van der Waals surface area contributed by atoms with Crippen LogP contribution in [0.3, 0.4) is 0 Å². The van der Waals surface area contributed by atoms with E-state index in [1.54, 1.807) is 37.3 Å². The molecule has 0 bridgehead atoms. The summed E-state index contributed by atoms with van der Waals surface area (Å²) in [5.41, 5.74) is 2.29. The first-order chi connectivity index (χ1) is 9.94. The molecule has 0 saturated heterocycles. The average Bonchev–Trinajstić information content (AvgIpc) is 2.46. The Labute approximate surface area is 125 Å². The molecular weight excluding hydrogens is 288 g/mol. The van der Waals surface area contributed by atoms with Crippen molar-refractivity contribution >= 4 is 10.1 Å². The quantitative estimate of drug-likeness (QED) is 0.863.